The van der Waals surface area contributed by atoms with Gasteiger partial charge in [-0.05, 0) is 18.2 Å². The molecule has 0 heterocycles. The predicted molar refractivity (Wildman–Crippen MR) is 121 cm³/mol. The highest BCUT2D eigenvalue weighted by Crippen LogP contribution is 2.29. The Morgan fingerprint density at radius 3 is 0.970 bits per heavy atom. The predicted octanol–water partition coefficient (Wildman–Crippen LogP) is 4.63. The molecule has 4 aromatic rings. The first kappa shape index (κ1) is 20.3. The summed E-state index contributed by atoms with van der Waals surface area (Å²) in [6.07, 6.45) is 0. The Balaban J connectivity index is 0.000000139. The highest BCUT2D eigenvalue weighted by atomic mass is 16.3. The van der Waals surface area contributed by atoms with Crippen molar-refractivity contribution in [2.24, 2.45) is 0 Å². The van der Waals surface area contributed by atoms with Crippen LogP contribution < -0.4 is 0 Å². The molecule has 0 atom stereocenters. The van der Waals surface area contributed by atoms with Crippen molar-refractivity contribution in [2.75, 3.05) is 0 Å². The number of hydrogen-bond donors (Lipinski definition) is 1. The van der Waals surface area contributed by atoms with E-state index in [9.17, 15) is 24.3 Å². The average molecular weight is 432 g/mol. The van der Waals surface area contributed by atoms with Crippen LogP contribution in [0.3, 0.4) is 0 Å². The molecule has 0 fully saturated rings. The third kappa shape index (κ3) is 3.27. The molecular weight excluding hydrogens is 416 g/mol. The van der Waals surface area contributed by atoms with Crippen molar-refractivity contribution in [3.8, 4) is 5.75 Å². The molecule has 0 bridgehead atoms. The zero-order valence-corrected chi connectivity index (χ0v) is 17.2. The fraction of sp³-hybridized carbons (Fsp3) is 0. The van der Waals surface area contributed by atoms with E-state index in [2.05, 4.69) is 0 Å². The maximum Gasteiger partial charge on any atom is 0.194 e. The van der Waals surface area contributed by atoms with E-state index in [0.717, 1.165) is 0 Å². The number of phenols is 1. The molecule has 0 aliphatic heterocycles. The van der Waals surface area contributed by atoms with Gasteiger partial charge in [0.1, 0.15) is 5.75 Å². The molecule has 0 unspecified atom stereocenters. The summed E-state index contributed by atoms with van der Waals surface area (Å²) in [5.74, 6) is -0.526. The van der Waals surface area contributed by atoms with Crippen molar-refractivity contribution in [2.45, 2.75) is 0 Å². The van der Waals surface area contributed by atoms with E-state index in [1.54, 1.807) is 72.8 Å². The van der Waals surface area contributed by atoms with Gasteiger partial charge in [0.15, 0.2) is 23.1 Å². The Morgan fingerprint density at radius 2 is 0.636 bits per heavy atom. The van der Waals surface area contributed by atoms with E-state index in [4.69, 9.17) is 0 Å². The van der Waals surface area contributed by atoms with Gasteiger partial charge in [-0.2, -0.15) is 0 Å². The summed E-state index contributed by atoms with van der Waals surface area (Å²) in [6, 6.07) is 24.9. The van der Waals surface area contributed by atoms with Gasteiger partial charge in [-0.15, -0.1) is 0 Å². The van der Waals surface area contributed by atoms with E-state index in [0.29, 0.717) is 38.9 Å². The van der Waals surface area contributed by atoms with Crippen LogP contribution in [0.5, 0.6) is 5.75 Å². The minimum absolute atomic E-state index is 0.00992. The Labute approximate surface area is 188 Å². The molecule has 5 nitrogen and oxygen atoms in total. The van der Waals surface area contributed by atoms with Gasteiger partial charge in [-0.3, -0.25) is 19.2 Å². The molecule has 2 aliphatic carbocycles. The monoisotopic (exact) mass is 432 g/mol. The lowest BCUT2D eigenvalue weighted by atomic mass is 9.84. The molecule has 1 N–H and O–H groups in total. The molecule has 0 radical (unpaired) electrons. The van der Waals surface area contributed by atoms with Gasteiger partial charge in [0, 0.05) is 44.5 Å². The van der Waals surface area contributed by atoms with Crippen LogP contribution in [0.2, 0.25) is 0 Å². The molecule has 158 valence electrons. The minimum atomic E-state index is -0.217. The van der Waals surface area contributed by atoms with Crippen molar-refractivity contribution in [1.29, 1.82) is 0 Å². The van der Waals surface area contributed by atoms with E-state index in [1.807, 2.05) is 0 Å². The maximum absolute atomic E-state index is 12.1. The van der Waals surface area contributed by atoms with Crippen LogP contribution in [0.25, 0.3) is 0 Å². The number of fused-ring (bicyclic) bond motifs is 4. The molecule has 0 amide bonds. The van der Waals surface area contributed by atoms with Gasteiger partial charge in [0.2, 0.25) is 0 Å². The Bertz CT molecular complexity index is 1390. The summed E-state index contributed by atoms with van der Waals surface area (Å²) in [5.41, 5.74) is 3.47. The summed E-state index contributed by atoms with van der Waals surface area (Å²) < 4.78 is 0. The first-order valence-electron chi connectivity index (χ1n) is 10.3. The summed E-state index contributed by atoms with van der Waals surface area (Å²) in [4.78, 5) is 48.5. The van der Waals surface area contributed by atoms with Crippen LogP contribution in [0, 0.1) is 0 Å². The van der Waals surface area contributed by atoms with E-state index < -0.39 is 0 Å². The van der Waals surface area contributed by atoms with Crippen LogP contribution in [-0.4, -0.2) is 28.2 Å². The smallest absolute Gasteiger partial charge is 0.194 e. The van der Waals surface area contributed by atoms with Crippen LogP contribution >= 0.6 is 0 Å². The largest absolute Gasteiger partial charge is 0.508 e. The number of carbonyl (C=O) groups is 4. The third-order valence-electron chi connectivity index (χ3n) is 5.74. The fourth-order valence-corrected chi connectivity index (χ4v) is 4.14. The van der Waals surface area contributed by atoms with Gasteiger partial charge in [0.05, 0.1) is 0 Å². The number of rotatable bonds is 0. The van der Waals surface area contributed by atoms with Gasteiger partial charge >= 0.3 is 0 Å². The Kier molecular flexibility index (Phi) is 4.79. The number of aromatic hydroxyl groups is 1. The van der Waals surface area contributed by atoms with Gasteiger partial charge < -0.3 is 5.11 Å². The normalized spacial score (nSPS) is 13.2. The SMILES string of the molecule is O=C1c2ccccc2C(=O)c2cc(O)ccc21.O=C1c2ccccc2C(=O)c2ccccc21. The zero-order valence-electron chi connectivity index (χ0n) is 17.2. The molecule has 2 aliphatic rings. The lowest BCUT2D eigenvalue weighted by Gasteiger charge is -2.16. The molecule has 0 saturated heterocycles. The molecular formula is C28H16O5. The second-order valence-corrected chi connectivity index (χ2v) is 7.68. The van der Waals surface area contributed by atoms with Crippen LogP contribution in [0.1, 0.15) is 63.7 Å². The number of benzene rings is 4. The van der Waals surface area contributed by atoms with Gasteiger partial charge in [-0.25, -0.2) is 0 Å². The number of hydrogen-bond acceptors (Lipinski definition) is 5. The van der Waals surface area contributed by atoms with Crippen LogP contribution in [0.4, 0.5) is 0 Å². The molecule has 6 rings (SSSR count). The second kappa shape index (κ2) is 7.80. The Hall–Kier alpha value is -4.64. The van der Waals surface area contributed by atoms with E-state index in [1.165, 1.54) is 18.2 Å². The molecule has 0 aromatic heterocycles. The molecule has 5 heteroatoms. The van der Waals surface area contributed by atoms with Gasteiger partial charge in [0.25, 0.3) is 0 Å². The highest BCUT2D eigenvalue weighted by molar-refractivity contribution is 6.29. The quantitative estimate of drug-likeness (QED) is 0.378. The van der Waals surface area contributed by atoms with E-state index >= 15 is 0 Å². The van der Waals surface area contributed by atoms with Crippen molar-refractivity contribution in [3.63, 3.8) is 0 Å². The maximum atomic E-state index is 12.1. The molecule has 0 saturated carbocycles. The first-order valence-corrected chi connectivity index (χ1v) is 10.3. The van der Waals surface area contributed by atoms with Gasteiger partial charge in [-0.1, -0.05) is 72.8 Å². The molecule has 0 spiro atoms. The zero-order chi connectivity index (χ0) is 23.1. The van der Waals surface area contributed by atoms with Crippen LogP contribution in [-0.2, 0) is 0 Å². The average Bonchev–Trinajstić information content (AvgIpc) is 2.86. The van der Waals surface area contributed by atoms with Crippen molar-refractivity contribution in [3.05, 3.63) is 136 Å². The molecule has 4 aromatic carbocycles. The molecule has 33 heavy (non-hydrogen) atoms. The lowest BCUT2D eigenvalue weighted by molar-refractivity contribution is 0.0979. The fourth-order valence-electron chi connectivity index (χ4n) is 4.14. The van der Waals surface area contributed by atoms with Crippen molar-refractivity contribution in [1.82, 2.24) is 0 Å². The summed E-state index contributed by atoms with van der Waals surface area (Å²) in [5, 5.41) is 9.38. The van der Waals surface area contributed by atoms with E-state index in [-0.39, 0.29) is 34.4 Å². The van der Waals surface area contributed by atoms with Crippen molar-refractivity contribution < 1.29 is 24.3 Å². The Morgan fingerprint density at radius 1 is 0.364 bits per heavy atom. The lowest BCUT2D eigenvalue weighted by Crippen LogP contribution is -2.20. The highest BCUT2D eigenvalue weighted by Gasteiger charge is 2.30. The van der Waals surface area contributed by atoms with Crippen molar-refractivity contribution >= 4 is 23.1 Å². The number of ketones is 4. The minimum Gasteiger partial charge on any atom is -0.508 e. The van der Waals surface area contributed by atoms with Crippen LogP contribution in [0.15, 0.2) is 91.0 Å². The summed E-state index contributed by atoms with van der Waals surface area (Å²) in [7, 11) is 0. The number of phenolic OH excluding ortho intramolecular Hbond substituents is 1. The summed E-state index contributed by atoms with van der Waals surface area (Å²) in [6.45, 7) is 0. The standard InChI is InChI=1S/C14H8O3.C14H8O2/c15-8-5-6-11-12(7-8)14(17)10-4-2-1-3-9(10)13(11)16;15-13-9-5-1-2-6-10(9)14(16)12-8-4-3-7-11(12)13/h1-7,15H;1-8H. The number of carbonyl (C=O) groups excluding carboxylic acids is 4. The first-order chi connectivity index (χ1) is 16.0. The topological polar surface area (TPSA) is 88.5 Å². The summed E-state index contributed by atoms with van der Waals surface area (Å²) >= 11 is 0. The third-order valence-corrected chi connectivity index (χ3v) is 5.74. The second-order valence-electron chi connectivity index (χ2n) is 7.68.